The predicted molar refractivity (Wildman–Crippen MR) is 181 cm³/mol. The highest BCUT2D eigenvalue weighted by molar-refractivity contribution is 7.90. The third-order valence-electron chi connectivity index (χ3n) is 10.2. The van der Waals surface area contributed by atoms with Crippen LogP contribution in [0.25, 0.3) is 0 Å². The maximum Gasteiger partial charge on any atom is 0.245 e. The molecule has 0 saturated carbocycles. The van der Waals surface area contributed by atoms with Crippen LogP contribution in [0.5, 0.6) is 0 Å². The Balaban J connectivity index is 1.35. The number of nitrogens with zero attached hydrogens (tertiary/aromatic N) is 4. The largest absolute Gasteiger partial charge is 0.383 e. The molecule has 1 N–H and O–H groups in total. The third kappa shape index (κ3) is 7.70. The van der Waals surface area contributed by atoms with Crippen LogP contribution < -0.4 is 10.2 Å². The van der Waals surface area contributed by atoms with E-state index in [-0.39, 0.29) is 9.79 Å². The van der Waals surface area contributed by atoms with Crippen molar-refractivity contribution in [3.05, 3.63) is 48.0 Å². The van der Waals surface area contributed by atoms with Crippen LogP contribution in [0.15, 0.2) is 52.3 Å². The van der Waals surface area contributed by atoms with Crippen LogP contribution in [0.3, 0.4) is 0 Å². The minimum Gasteiger partial charge on any atom is -0.383 e. The molecule has 2 aromatic carbocycles. The monoisotopic (exact) mass is 657 g/mol. The van der Waals surface area contributed by atoms with Crippen molar-refractivity contribution in [3.63, 3.8) is 0 Å². The highest BCUT2D eigenvalue weighted by atomic mass is 32.2. The van der Waals surface area contributed by atoms with Gasteiger partial charge >= 0.3 is 0 Å². The van der Waals surface area contributed by atoms with Gasteiger partial charge in [0.25, 0.3) is 0 Å². The van der Waals surface area contributed by atoms with E-state index >= 15 is 0 Å². The quantitative estimate of drug-likeness (QED) is 0.364. The van der Waals surface area contributed by atoms with Crippen LogP contribution in [0.4, 0.5) is 11.4 Å². The first-order valence-corrected chi connectivity index (χ1v) is 20.1. The Morgan fingerprint density at radius 3 is 1.80 bits per heavy atom. The van der Waals surface area contributed by atoms with Gasteiger partial charge < -0.3 is 15.1 Å². The van der Waals surface area contributed by atoms with E-state index in [9.17, 15) is 16.8 Å². The van der Waals surface area contributed by atoms with E-state index in [4.69, 9.17) is 0 Å². The summed E-state index contributed by atoms with van der Waals surface area (Å²) in [7, 11) is -7.79. The lowest BCUT2D eigenvalue weighted by Crippen LogP contribution is -2.39. The average molecular weight is 658 g/mol. The van der Waals surface area contributed by atoms with E-state index in [0.29, 0.717) is 50.0 Å². The number of likely N-dealkylation sites (tertiary alicyclic amines) is 1. The van der Waals surface area contributed by atoms with Gasteiger partial charge in [-0.15, -0.1) is 0 Å². The number of hydrogen-bond donors (Lipinski definition) is 1. The summed E-state index contributed by atoms with van der Waals surface area (Å²) in [5, 5.41) is 3.48. The molecule has 9 nitrogen and oxygen atoms in total. The van der Waals surface area contributed by atoms with E-state index in [1.54, 1.807) is 8.61 Å². The zero-order valence-corrected chi connectivity index (χ0v) is 28.3. The molecule has 45 heavy (non-hydrogen) atoms. The summed E-state index contributed by atoms with van der Waals surface area (Å²) < 4.78 is 60.4. The molecule has 0 unspecified atom stereocenters. The fourth-order valence-corrected chi connectivity index (χ4v) is 11.0. The zero-order valence-electron chi connectivity index (χ0n) is 26.7. The molecule has 0 radical (unpaired) electrons. The molecule has 4 saturated heterocycles. The van der Waals surface area contributed by atoms with Crippen LogP contribution >= 0.6 is 0 Å². The fraction of sp³-hybridized carbons (Fsp3) is 0.647. The smallest absolute Gasteiger partial charge is 0.245 e. The highest BCUT2D eigenvalue weighted by Gasteiger charge is 2.36. The van der Waals surface area contributed by atoms with Crippen molar-refractivity contribution < 1.29 is 16.8 Å². The Morgan fingerprint density at radius 1 is 0.644 bits per heavy atom. The van der Waals surface area contributed by atoms with Gasteiger partial charge in [-0.1, -0.05) is 43.2 Å². The average Bonchev–Trinajstić information content (AvgIpc) is 3.60. The predicted octanol–water partition coefficient (Wildman–Crippen LogP) is 5.00. The molecule has 0 atom stereocenters. The molecule has 0 amide bonds. The minimum absolute atomic E-state index is 0.101. The summed E-state index contributed by atoms with van der Waals surface area (Å²) in [6.07, 6.45) is 10.7. The summed E-state index contributed by atoms with van der Waals surface area (Å²) in [4.78, 5) is 4.84. The molecular formula is C34H51N5O4S2. The van der Waals surface area contributed by atoms with E-state index in [1.165, 1.54) is 24.5 Å². The van der Waals surface area contributed by atoms with Gasteiger partial charge in [0.15, 0.2) is 0 Å². The summed E-state index contributed by atoms with van der Waals surface area (Å²) in [5.41, 5.74) is 2.50. The number of nitrogens with one attached hydrogen (secondary N) is 1. The number of hydrogen-bond acceptors (Lipinski definition) is 7. The Labute approximate surface area is 271 Å². The van der Waals surface area contributed by atoms with Crippen molar-refractivity contribution in [2.75, 3.05) is 75.7 Å². The topological polar surface area (TPSA) is 93.3 Å². The van der Waals surface area contributed by atoms with Crippen molar-refractivity contribution in [2.45, 2.75) is 80.4 Å². The molecule has 0 aromatic heterocycles. The van der Waals surface area contributed by atoms with Gasteiger partial charge in [-0.25, -0.2) is 16.8 Å². The first-order chi connectivity index (χ1) is 21.8. The van der Waals surface area contributed by atoms with Crippen LogP contribution in [0.1, 0.15) is 69.8 Å². The first-order valence-electron chi connectivity index (χ1n) is 17.3. The van der Waals surface area contributed by atoms with Crippen molar-refractivity contribution >= 4 is 31.4 Å². The zero-order chi connectivity index (χ0) is 31.3. The second-order valence-electron chi connectivity index (χ2n) is 13.3. The summed E-state index contributed by atoms with van der Waals surface area (Å²) in [6.45, 7) is 6.96. The van der Waals surface area contributed by atoms with Gasteiger partial charge in [0.05, 0.1) is 11.4 Å². The molecule has 4 aliphatic heterocycles. The second kappa shape index (κ2) is 14.7. The lowest BCUT2D eigenvalue weighted by Gasteiger charge is -2.36. The molecule has 248 valence electrons. The fourth-order valence-electron chi connectivity index (χ4n) is 7.52. The molecule has 6 rings (SSSR count). The lowest BCUT2D eigenvalue weighted by molar-refractivity contribution is 0.345. The van der Waals surface area contributed by atoms with E-state index in [1.807, 2.05) is 12.1 Å². The molecule has 0 spiro atoms. The molecule has 2 aromatic rings. The lowest BCUT2D eigenvalue weighted by atomic mass is 9.90. The number of benzene rings is 2. The molecule has 4 aliphatic rings. The van der Waals surface area contributed by atoms with E-state index in [0.717, 1.165) is 90.5 Å². The van der Waals surface area contributed by atoms with Crippen molar-refractivity contribution in [1.82, 2.24) is 13.5 Å². The summed E-state index contributed by atoms with van der Waals surface area (Å²) in [6, 6.07) is 13.9. The number of sulfonamides is 2. The first kappa shape index (κ1) is 32.7. The normalized spacial score (nSPS) is 21.7. The number of anilines is 2. The number of piperidine rings is 3. The Bertz CT molecular complexity index is 1480. The number of rotatable bonds is 11. The van der Waals surface area contributed by atoms with Crippen LogP contribution in [-0.2, 0) is 26.5 Å². The van der Waals surface area contributed by atoms with Crippen LogP contribution in [0.2, 0.25) is 0 Å². The summed E-state index contributed by atoms with van der Waals surface area (Å²) in [5.74, 6) is 0.530. The molecule has 0 bridgehead atoms. The van der Waals surface area contributed by atoms with Gasteiger partial charge in [-0.3, -0.25) is 0 Å². The summed E-state index contributed by atoms with van der Waals surface area (Å²) >= 11 is 0. The molecular weight excluding hydrogens is 607 g/mol. The SMILES string of the molecule is O=S(=O)(c1cc(S(=O)(=O)N2CCCCC2)c(N2CCC(Cc3ccccc3)CC2)cc1NCCN1CCCC1)N1CCCCC1. The van der Waals surface area contributed by atoms with Gasteiger partial charge in [-0.05, 0) is 94.5 Å². The maximum atomic E-state index is 14.4. The minimum atomic E-state index is -3.90. The van der Waals surface area contributed by atoms with Gasteiger partial charge in [0.2, 0.25) is 20.0 Å². The standard InChI is InChI=1S/C34H51N5O4S2/c40-44(41,38-19-6-2-7-20-38)33-28-34(45(42,43)39-21-8-3-9-22-39)32(27-31(33)35-16-25-36-17-10-11-18-36)37-23-14-30(15-24-37)26-29-12-4-1-5-13-29/h1,4-5,12-13,27-28,30,35H,2-3,6-11,14-26H2. The van der Waals surface area contributed by atoms with Crippen LogP contribution in [-0.4, -0.2) is 95.8 Å². The van der Waals surface area contributed by atoms with Crippen molar-refractivity contribution in [2.24, 2.45) is 5.92 Å². The van der Waals surface area contributed by atoms with Gasteiger partial charge in [-0.2, -0.15) is 8.61 Å². The maximum absolute atomic E-state index is 14.4. The van der Waals surface area contributed by atoms with E-state index < -0.39 is 20.0 Å². The third-order valence-corrected chi connectivity index (χ3v) is 14.1. The van der Waals surface area contributed by atoms with Gasteiger partial charge in [0, 0.05) is 52.4 Å². The molecule has 4 fully saturated rings. The second-order valence-corrected chi connectivity index (χ2v) is 17.2. The van der Waals surface area contributed by atoms with Crippen molar-refractivity contribution in [1.29, 1.82) is 0 Å². The Morgan fingerprint density at radius 2 is 1.20 bits per heavy atom. The Hall–Kier alpha value is -2.18. The molecule has 11 heteroatoms. The molecule has 0 aliphatic carbocycles. The van der Waals surface area contributed by atoms with Gasteiger partial charge in [0.1, 0.15) is 9.79 Å². The molecule has 4 heterocycles. The highest BCUT2D eigenvalue weighted by Crippen LogP contribution is 2.39. The van der Waals surface area contributed by atoms with Crippen LogP contribution in [0, 0.1) is 5.92 Å². The van der Waals surface area contributed by atoms with Crippen molar-refractivity contribution in [3.8, 4) is 0 Å². The van der Waals surface area contributed by atoms with E-state index in [2.05, 4.69) is 39.4 Å². The Kier molecular flexibility index (Phi) is 10.7.